The first-order chi connectivity index (χ1) is 14.3. The molecule has 0 amide bonds. The van der Waals surface area contributed by atoms with Crippen LogP contribution in [0.2, 0.25) is 0 Å². The molecule has 164 valence electrons. The van der Waals surface area contributed by atoms with Crippen LogP contribution in [-0.2, 0) is 6.18 Å². The Morgan fingerprint density at radius 1 is 0.968 bits per heavy atom. The number of halogens is 4. The van der Waals surface area contributed by atoms with Crippen LogP contribution >= 0.6 is 0 Å². The number of aliphatic hydroxyl groups is 1. The van der Waals surface area contributed by atoms with Crippen molar-refractivity contribution >= 4 is 5.82 Å². The highest BCUT2D eigenvalue weighted by Crippen LogP contribution is 2.36. The summed E-state index contributed by atoms with van der Waals surface area (Å²) in [5, 5.41) is 13.5. The summed E-state index contributed by atoms with van der Waals surface area (Å²) in [6.07, 6.45) is -3.36. The highest BCUT2D eigenvalue weighted by atomic mass is 19.4. The molecule has 0 aliphatic heterocycles. The lowest BCUT2D eigenvalue weighted by Crippen LogP contribution is -2.39. The fourth-order valence-corrected chi connectivity index (χ4v) is 3.08. The molecule has 0 aliphatic carbocycles. The van der Waals surface area contributed by atoms with Crippen LogP contribution in [0.4, 0.5) is 23.4 Å². The molecule has 0 fully saturated rings. The second-order valence-electron chi connectivity index (χ2n) is 8.12. The minimum absolute atomic E-state index is 0.0100. The van der Waals surface area contributed by atoms with Crippen LogP contribution in [0, 0.1) is 5.82 Å². The zero-order valence-electron chi connectivity index (χ0n) is 17.1. The third-order valence-corrected chi connectivity index (χ3v) is 4.47. The van der Waals surface area contributed by atoms with Crippen LogP contribution in [0.3, 0.4) is 0 Å². The van der Waals surface area contributed by atoms with Gasteiger partial charge >= 0.3 is 6.18 Å². The zero-order chi connectivity index (χ0) is 23.0. The number of hydrogen-bond acceptors (Lipinski definition) is 5. The second kappa shape index (κ2) is 8.24. The summed E-state index contributed by atoms with van der Waals surface area (Å²) in [6.45, 7) is 5.31. The van der Waals surface area contributed by atoms with Crippen molar-refractivity contribution in [3.8, 4) is 22.4 Å². The average Bonchev–Trinajstić information content (AvgIpc) is 2.66. The molecule has 3 aromatic rings. The first-order valence-corrected chi connectivity index (χ1v) is 9.40. The van der Waals surface area contributed by atoms with Crippen molar-refractivity contribution in [1.29, 1.82) is 0 Å². The van der Waals surface area contributed by atoms with Crippen LogP contribution in [0.15, 0.2) is 48.8 Å². The Morgan fingerprint density at radius 2 is 1.65 bits per heavy atom. The van der Waals surface area contributed by atoms with Gasteiger partial charge in [-0.25, -0.2) is 9.37 Å². The van der Waals surface area contributed by atoms with Gasteiger partial charge in [-0.15, -0.1) is 0 Å². The predicted octanol–water partition coefficient (Wildman–Crippen LogP) is 4.93. The molecule has 3 rings (SSSR count). The van der Waals surface area contributed by atoms with Crippen LogP contribution in [0.5, 0.6) is 0 Å². The Bertz CT molecular complexity index is 1080. The minimum Gasteiger partial charge on any atom is -0.382 e. The van der Waals surface area contributed by atoms with E-state index in [2.05, 4.69) is 15.3 Å². The molecule has 2 aromatic carbocycles. The summed E-state index contributed by atoms with van der Waals surface area (Å²) in [4.78, 5) is 7.92. The lowest BCUT2D eigenvalue weighted by atomic mass is 9.94. The molecule has 0 bridgehead atoms. The Balaban J connectivity index is 2.08. The molecule has 0 saturated carbocycles. The van der Waals surface area contributed by atoms with Gasteiger partial charge in [-0.3, -0.25) is 10.3 Å². The molecule has 1 heterocycles. The number of alkyl halides is 3. The number of aliphatic hydroxyl groups excluding tert-OH is 1. The van der Waals surface area contributed by atoms with Crippen molar-refractivity contribution in [1.82, 2.24) is 15.3 Å². The summed E-state index contributed by atoms with van der Waals surface area (Å²) in [5.41, 5.74) is 5.01. The standard InChI is InChI=1S/C22H22F4N4O/c1-21(2,3)30-20(31)16-9-13(22(24,25)26)5-7-14(16)12-4-6-15(17(23)8-12)18-10-29-19(27)11-28-18/h4-11,20,30-31H,1-3H3,(H2,27,29). The van der Waals surface area contributed by atoms with Crippen LogP contribution in [-0.4, -0.2) is 20.6 Å². The number of rotatable bonds is 4. The van der Waals surface area contributed by atoms with E-state index in [0.29, 0.717) is 5.56 Å². The van der Waals surface area contributed by atoms with E-state index in [1.807, 2.05) is 0 Å². The molecular weight excluding hydrogens is 412 g/mol. The van der Waals surface area contributed by atoms with Crippen LogP contribution in [0.25, 0.3) is 22.4 Å². The van der Waals surface area contributed by atoms with E-state index in [1.54, 1.807) is 26.8 Å². The molecule has 4 N–H and O–H groups in total. The van der Waals surface area contributed by atoms with Gasteiger partial charge in [0.2, 0.25) is 0 Å². The van der Waals surface area contributed by atoms with Crippen molar-refractivity contribution in [2.45, 2.75) is 38.7 Å². The zero-order valence-corrected chi connectivity index (χ0v) is 17.1. The molecule has 1 aromatic heterocycles. The highest BCUT2D eigenvalue weighted by molar-refractivity contribution is 5.72. The molecule has 0 radical (unpaired) electrons. The maximum atomic E-state index is 14.8. The molecule has 1 atom stereocenters. The quantitative estimate of drug-likeness (QED) is 0.401. The molecule has 0 aliphatic rings. The number of nitrogens with zero attached hydrogens (tertiary/aromatic N) is 2. The maximum Gasteiger partial charge on any atom is 0.416 e. The second-order valence-corrected chi connectivity index (χ2v) is 8.12. The molecule has 0 spiro atoms. The monoisotopic (exact) mass is 434 g/mol. The van der Waals surface area contributed by atoms with E-state index in [1.165, 1.54) is 30.6 Å². The predicted molar refractivity (Wildman–Crippen MR) is 110 cm³/mol. The summed E-state index contributed by atoms with van der Waals surface area (Å²) in [7, 11) is 0. The summed E-state index contributed by atoms with van der Waals surface area (Å²) in [5.74, 6) is -0.448. The number of aromatic nitrogens is 2. The van der Waals surface area contributed by atoms with Gasteiger partial charge in [0.05, 0.1) is 23.7 Å². The molecule has 5 nitrogen and oxygen atoms in total. The van der Waals surface area contributed by atoms with Crippen molar-refractivity contribution in [2.24, 2.45) is 0 Å². The average molecular weight is 434 g/mol. The normalized spacial score (nSPS) is 13.3. The van der Waals surface area contributed by atoms with Crippen molar-refractivity contribution in [3.63, 3.8) is 0 Å². The SMILES string of the molecule is CC(C)(C)NC(O)c1cc(C(F)(F)F)ccc1-c1ccc(-c2cnc(N)cn2)c(F)c1. The van der Waals surface area contributed by atoms with E-state index in [9.17, 15) is 22.7 Å². The first-order valence-electron chi connectivity index (χ1n) is 9.40. The van der Waals surface area contributed by atoms with Crippen LogP contribution < -0.4 is 11.1 Å². The summed E-state index contributed by atoms with van der Waals surface area (Å²) in [6, 6.07) is 7.19. The van der Waals surface area contributed by atoms with E-state index in [4.69, 9.17) is 5.73 Å². The Kier molecular flexibility index (Phi) is 6.02. The van der Waals surface area contributed by atoms with Gasteiger partial charge in [-0.2, -0.15) is 13.2 Å². The van der Waals surface area contributed by atoms with Gasteiger partial charge in [0.15, 0.2) is 0 Å². The molecule has 1 unspecified atom stereocenters. The molecular formula is C22H22F4N4O. The highest BCUT2D eigenvalue weighted by Gasteiger charge is 2.32. The third kappa shape index (κ3) is 5.36. The Morgan fingerprint density at radius 3 is 2.19 bits per heavy atom. The van der Waals surface area contributed by atoms with E-state index < -0.39 is 29.3 Å². The maximum absolute atomic E-state index is 14.8. The van der Waals surface area contributed by atoms with Gasteiger partial charge in [0.1, 0.15) is 17.9 Å². The Labute approximate surface area is 177 Å². The molecule has 9 heteroatoms. The number of nitrogens with one attached hydrogen (secondary N) is 1. The lowest BCUT2D eigenvalue weighted by Gasteiger charge is -2.27. The smallest absolute Gasteiger partial charge is 0.382 e. The van der Waals surface area contributed by atoms with E-state index >= 15 is 0 Å². The van der Waals surface area contributed by atoms with Gasteiger partial charge in [-0.1, -0.05) is 12.1 Å². The van der Waals surface area contributed by atoms with Crippen LogP contribution in [0.1, 0.15) is 38.1 Å². The molecule has 0 saturated heterocycles. The van der Waals surface area contributed by atoms with E-state index in [0.717, 1.165) is 12.1 Å². The largest absolute Gasteiger partial charge is 0.416 e. The van der Waals surface area contributed by atoms with Gasteiger partial charge in [0, 0.05) is 16.7 Å². The molecule has 31 heavy (non-hydrogen) atoms. The number of hydrogen-bond donors (Lipinski definition) is 3. The number of nitrogen functional groups attached to an aromatic ring is 1. The number of anilines is 1. The summed E-state index contributed by atoms with van der Waals surface area (Å²) < 4.78 is 54.6. The van der Waals surface area contributed by atoms with E-state index in [-0.39, 0.29) is 28.2 Å². The van der Waals surface area contributed by atoms with Gasteiger partial charge < -0.3 is 10.8 Å². The minimum atomic E-state index is -4.59. The fourth-order valence-electron chi connectivity index (χ4n) is 3.08. The topological polar surface area (TPSA) is 84.1 Å². The number of nitrogens with two attached hydrogens (primary N) is 1. The Hall–Kier alpha value is -3.04. The number of benzene rings is 2. The van der Waals surface area contributed by atoms with Gasteiger partial charge in [-0.05, 0) is 56.2 Å². The summed E-state index contributed by atoms with van der Waals surface area (Å²) >= 11 is 0. The van der Waals surface area contributed by atoms with Gasteiger partial charge in [0.25, 0.3) is 0 Å². The third-order valence-electron chi connectivity index (χ3n) is 4.47. The first kappa shape index (κ1) is 22.6. The van der Waals surface area contributed by atoms with Crippen molar-refractivity contribution in [2.75, 3.05) is 5.73 Å². The fraction of sp³-hybridized carbons (Fsp3) is 0.273. The van der Waals surface area contributed by atoms with Crippen molar-refractivity contribution < 1.29 is 22.7 Å². The lowest BCUT2D eigenvalue weighted by molar-refractivity contribution is -0.137. The van der Waals surface area contributed by atoms with Crippen molar-refractivity contribution in [3.05, 3.63) is 65.7 Å².